The molecular formula is C10H12ClNO4S2. The summed E-state index contributed by atoms with van der Waals surface area (Å²) in [5, 5.41) is 8.87. The smallest absolute Gasteiger partial charge is 0.338 e. The zero-order chi connectivity index (χ0) is 13.3. The largest absolute Gasteiger partial charge is 0.478 e. The average molecular weight is 310 g/mol. The van der Waals surface area contributed by atoms with Gasteiger partial charge >= 0.3 is 5.97 Å². The van der Waals surface area contributed by atoms with Gasteiger partial charge in [0.05, 0.1) is 5.56 Å². The van der Waals surface area contributed by atoms with Crippen LogP contribution in [0.4, 0.5) is 0 Å². The minimum atomic E-state index is -3.59. The second kappa shape index (κ2) is 5.16. The van der Waals surface area contributed by atoms with Crippen molar-refractivity contribution in [1.82, 2.24) is 4.31 Å². The van der Waals surface area contributed by atoms with Crippen molar-refractivity contribution in [3.05, 3.63) is 16.0 Å². The SMILES string of the molecule is O=C(O)c1cc(S(=O)(=O)N2CCCCC2)sc1Cl. The van der Waals surface area contributed by atoms with Crippen LogP contribution in [-0.2, 0) is 10.0 Å². The van der Waals surface area contributed by atoms with Gasteiger partial charge in [0, 0.05) is 13.1 Å². The van der Waals surface area contributed by atoms with Gasteiger partial charge in [-0.1, -0.05) is 18.0 Å². The summed E-state index contributed by atoms with van der Waals surface area (Å²) < 4.78 is 25.9. The van der Waals surface area contributed by atoms with Crippen molar-refractivity contribution < 1.29 is 18.3 Å². The average Bonchev–Trinajstić information content (AvgIpc) is 2.73. The Morgan fingerprint density at radius 2 is 1.94 bits per heavy atom. The highest BCUT2D eigenvalue weighted by molar-refractivity contribution is 7.91. The third kappa shape index (κ3) is 2.54. The van der Waals surface area contributed by atoms with Gasteiger partial charge in [0.15, 0.2) is 0 Å². The number of piperidine rings is 1. The van der Waals surface area contributed by atoms with Crippen molar-refractivity contribution in [2.24, 2.45) is 0 Å². The van der Waals surface area contributed by atoms with Gasteiger partial charge in [-0.3, -0.25) is 0 Å². The molecule has 1 N–H and O–H groups in total. The maximum Gasteiger partial charge on any atom is 0.338 e. The standard InChI is InChI=1S/C10H12ClNO4S2/c11-9-7(10(13)14)6-8(17-9)18(15,16)12-4-2-1-3-5-12/h6H,1-5H2,(H,13,14). The first-order valence-corrected chi connectivity index (χ1v) is 8.09. The highest BCUT2D eigenvalue weighted by atomic mass is 35.5. The Balaban J connectivity index is 2.35. The molecule has 100 valence electrons. The number of nitrogens with zero attached hydrogens (tertiary/aromatic N) is 1. The number of carboxylic acids is 1. The van der Waals surface area contributed by atoms with Crippen LogP contribution in [0, 0.1) is 0 Å². The van der Waals surface area contributed by atoms with Crippen LogP contribution in [0.5, 0.6) is 0 Å². The molecule has 0 saturated carbocycles. The molecule has 1 saturated heterocycles. The first-order chi connectivity index (χ1) is 8.43. The van der Waals surface area contributed by atoms with Crippen molar-refractivity contribution in [2.45, 2.75) is 23.5 Å². The topological polar surface area (TPSA) is 74.7 Å². The van der Waals surface area contributed by atoms with Crippen molar-refractivity contribution in [2.75, 3.05) is 13.1 Å². The summed E-state index contributed by atoms with van der Waals surface area (Å²) >= 11 is 6.54. The lowest BCUT2D eigenvalue weighted by atomic mass is 10.2. The van der Waals surface area contributed by atoms with Crippen LogP contribution in [0.15, 0.2) is 10.3 Å². The number of sulfonamides is 1. The summed E-state index contributed by atoms with van der Waals surface area (Å²) in [5.41, 5.74) is -0.155. The van der Waals surface area contributed by atoms with E-state index in [4.69, 9.17) is 16.7 Å². The van der Waals surface area contributed by atoms with E-state index >= 15 is 0 Å². The van der Waals surface area contributed by atoms with Gasteiger partial charge in [0.1, 0.15) is 8.55 Å². The predicted octanol–water partition coefficient (Wildman–Crippen LogP) is 2.27. The van der Waals surface area contributed by atoms with Crippen molar-refractivity contribution in [1.29, 1.82) is 0 Å². The Morgan fingerprint density at radius 3 is 2.44 bits per heavy atom. The van der Waals surface area contributed by atoms with Crippen molar-refractivity contribution in [3.8, 4) is 0 Å². The highest BCUT2D eigenvalue weighted by Gasteiger charge is 2.29. The normalized spacial score (nSPS) is 17.8. The first kappa shape index (κ1) is 13.8. The number of hydrogen-bond donors (Lipinski definition) is 1. The fourth-order valence-corrected chi connectivity index (χ4v) is 5.23. The molecule has 2 rings (SSSR count). The van der Waals surface area contributed by atoms with Gasteiger partial charge in [-0.2, -0.15) is 4.31 Å². The maximum atomic E-state index is 12.3. The van der Waals surface area contributed by atoms with E-state index in [1.807, 2.05) is 0 Å². The van der Waals surface area contributed by atoms with Gasteiger partial charge in [-0.25, -0.2) is 13.2 Å². The fraction of sp³-hybridized carbons (Fsp3) is 0.500. The van der Waals surface area contributed by atoms with E-state index in [0.717, 1.165) is 36.7 Å². The van der Waals surface area contributed by atoms with E-state index in [1.54, 1.807) is 0 Å². The van der Waals surface area contributed by atoms with E-state index in [0.29, 0.717) is 13.1 Å². The Labute approximate surface area is 114 Å². The van der Waals surface area contributed by atoms with Gasteiger partial charge < -0.3 is 5.11 Å². The molecule has 1 aliphatic rings. The molecule has 0 spiro atoms. The molecular weight excluding hydrogens is 298 g/mol. The maximum absolute atomic E-state index is 12.3. The Kier molecular flexibility index (Phi) is 3.96. The number of rotatable bonds is 3. The zero-order valence-corrected chi connectivity index (χ0v) is 11.8. The Morgan fingerprint density at radius 1 is 1.33 bits per heavy atom. The summed E-state index contributed by atoms with van der Waals surface area (Å²) in [5.74, 6) is -1.21. The van der Waals surface area contributed by atoms with Crippen molar-refractivity contribution in [3.63, 3.8) is 0 Å². The lowest BCUT2D eigenvalue weighted by molar-refractivity contribution is 0.0697. The summed E-state index contributed by atoms with van der Waals surface area (Å²) in [4.78, 5) is 10.9. The van der Waals surface area contributed by atoms with Crippen LogP contribution in [0.1, 0.15) is 29.6 Å². The van der Waals surface area contributed by atoms with Crippen molar-refractivity contribution >= 4 is 38.9 Å². The monoisotopic (exact) mass is 309 g/mol. The molecule has 1 aromatic heterocycles. The van der Waals surface area contributed by atoms with Crippen LogP contribution in [0.25, 0.3) is 0 Å². The van der Waals surface area contributed by atoms with Crippen LogP contribution >= 0.6 is 22.9 Å². The van der Waals surface area contributed by atoms with E-state index in [9.17, 15) is 13.2 Å². The van der Waals surface area contributed by atoms with Gasteiger partial charge in [0.2, 0.25) is 0 Å². The summed E-state index contributed by atoms with van der Waals surface area (Å²) in [6, 6.07) is 1.14. The Bertz CT molecular complexity index is 560. The summed E-state index contributed by atoms with van der Waals surface area (Å²) in [6.07, 6.45) is 2.70. The Hall–Kier alpha value is -0.630. The molecule has 8 heteroatoms. The molecule has 1 aliphatic heterocycles. The van der Waals surface area contributed by atoms with Crippen LogP contribution in [-0.4, -0.2) is 36.9 Å². The van der Waals surface area contributed by atoms with E-state index in [1.165, 1.54) is 4.31 Å². The number of halogens is 1. The molecule has 5 nitrogen and oxygen atoms in total. The lowest BCUT2D eigenvalue weighted by Gasteiger charge is -2.24. The third-order valence-corrected chi connectivity index (χ3v) is 6.51. The van der Waals surface area contributed by atoms with Gasteiger partial charge in [0.25, 0.3) is 10.0 Å². The molecule has 0 aliphatic carbocycles. The molecule has 0 unspecified atom stereocenters. The molecule has 2 heterocycles. The second-order valence-corrected chi connectivity index (χ2v) is 7.84. The van der Waals surface area contributed by atoms with Crippen LogP contribution < -0.4 is 0 Å². The quantitative estimate of drug-likeness (QED) is 0.929. The number of aromatic carboxylic acids is 1. The first-order valence-electron chi connectivity index (χ1n) is 5.45. The minimum absolute atomic E-state index is 0.00177. The lowest BCUT2D eigenvalue weighted by Crippen LogP contribution is -2.35. The van der Waals surface area contributed by atoms with Gasteiger partial charge in [-0.05, 0) is 18.9 Å². The minimum Gasteiger partial charge on any atom is -0.478 e. The molecule has 0 atom stereocenters. The zero-order valence-electron chi connectivity index (χ0n) is 9.43. The highest BCUT2D eigenvalue weighted by Crippen LogP contribution is 2.33. The molecule has 0 radical (unpaired) electrons. The molecule has 0 amide bonds. The molecule has 0 aromatic carbocycles. The summed E-state index contributed by atoms with van der Waals surface area (Å²) in [6.45, 7) is 0.973. The number of carbonyl (C=O) groups is 1. The predicted molar refractivity (Wildman–Crippen MR) is 68.9 cm³/mol. The van der Waals surface area contributed by atoms with Gasteiger partial charge in [-0.15, -0.1) is 11.3 Å². The third-order valence-electron chi connectivity index (χ3n) is 2.80. The number of thiophene rings is 1. The second-order valence-electron chi connectivity index (χ2n) is 4.02. The number of carboxylic acid groups (broad SMARTS) is 1. The summed E-state index contributed by atoms with van der Waals surface area (Å²) in [7, 11) is -3.59. The molecule has 1 fully saturated rings. The molecule has 0 bridgehead atoms. The van der Waals surface area contributed by atoms with E-state index in [2.05, 4.69) is 0 Å². The van der Waals surface area contributed by atoms with Crippen LogP contribution in [0.3, 0.4) is 0 Å². The van der Waals surface area contributed by atoms with E-state index < -0.39 is 16.0 Å². The fourth-order valence-electron chi connectivity index (χ4n) is 1.85. The van der Waals surface area contributed by atoms with E-state index in [-0.39, 0.29) is 14.1 Å². The molecule has 18 heavy (non-hydrogen) atoms. The number of hydrogen-bond acceptors (Lipinski definition) is 4. The van der Waals surface area contributed by atoms with Crippen LogP contribution in [0.2, 0.25) is 4.34 Å². The molecule has 1 aromatic rings.